The molecule has 0 radical (unpaired) electrons. The van der Waals surface area contributed by atoms with Gasteiger partial charge in [0.05, 0.1) is 16.8 Å². The Labute approximate surface area is 127 Å². The summed E-state index contributed by atoms with van der Waals surface area (Å²) >= 11 is 1.66. The first kappa shape index (κ1) is 13.6. The molecular formula is C17H15NO2S. The molecule has 3 rings (SSSR count). The summed E-state index contributed by atoms with van der Waals surface area (Å²) in [5, 5.41) is 10.6. The van der Waals surface area contributed by atoms with Crippen molar-refractivity contribution < 1.29 is 9.84 Å². The number of hydrogen-bond donors (Lipinski definition) is 1. The number of rotatable bonds is 4. The van der Waals surface area contributed by atoms with Gasteiger partial charge in [-0.05, 0) is 42.8 Å². The lowest BCUT2D eigenvalue weighted by Gasteiger charge is -2.05. The van der Waals surface area contributed by atoms with E-state index in [9.17, 15) is 5.11 Å². The molecule has 0 aliphatic rings. The first-order valence-corrected chi connectivity index (χ1v) is 7.57. The summed E-state index contributed by atoms with van der Waals surface area (Å²) < 4.78 is 6.56. The van der Waals surface area contributed by atoms with Gasteiger partial charge in [-0.15, -0.1) is 11.3 Å². The Kier molecular flexibility index (Phi) is 3.88. The summed E-state index contributed by atoms with van der Waals surface area (Å²) in [5.74, 6) is 0.665. The van der Waals surface area contributed by atoms with Gasteiger partial charge in [0, 0.05) is 0 Å². The molecule has 0 bridgehead atoms. The number of hydrogen-bond acceptors (Lipinski definition) is 4. The van der Waals surface area contributed by atoms with E-state index >= 15 is 0 Å². The van der Waals surface area contributed by atoms with Crippen LogP contribution in [0, 0.1) is 0 Å². The van der Waals surface area contributed by atoms with Crippen LogP contribution in [-0.4, -0.2) is 16.7 Å². The molecule has 0 aliphatic heterocycles. The van der Waals surface area contributed by atoms with Crippen molar-refractivity contribution in [2.75, 3.05) is 6.61 Å². The highest BCUT2D eigenvalue weighted by molar-refractivity contribution is 7.19. The largest absolute Gasteiger partial charge is 0.504 e. The minimum atomic E-state index is 0.161. The van der Waals surface area contributed by atoms with Gasteiger partial charge in [0.25, 0.3) is 0 Å². The van der Waals surface area contributed by atoms with E-state index in [-0.39, 0.29) is 5.75 Å². The second-order valence-electron chi connectivity index (χ2n) is 4.51. The third-order valence-corrected chi connectivity index (χ3v) is 4.01. The zero-order valence-electron chi connectivity index (χ0n) is 11.6. The molecule has 21 heavy (non-hydrogen) atoms. The van der Waals surface area contributed by atoms with E-state index < -0.39 is 0 Å². The Morgan fingerprint density at radius 1 is 1.19 bits per heavy atom. The number of thiazole rings is 1. The number of phenolic OH excluding ortho intramolecular Hbond substituents is 1. The second kappa shape index (κ2) is 5.97. The van der Waals surface area contributed by atoms with Crippen LogP contribution in [0.3, 0.4) is 0 Å². The number of aromatic hydroxyl groups is 1. The molecule has 0 spiro atoms. The number of para-hydroxylation sites is 1. The molecule has 0 saturated heterocycles. The highest BCUT2D eigenvalue weighted by Crippen LogP contribution is 2.28. The fourth-order valence-electron chi connectivity index (χ4n) is 2.03. The normalized spacial score (nSPS) is 11.3. The van der Waals surface area contributed by atoms with Crippen LogP contribution in [0.5, 0.6) is 11.5 Å². The lowest BCUT2D eigenvalue weighted by atomic mass is 10.2. The predicted molar refractivity (Wildman–Crippen MR) is 87.8 cm³/mol. The molecule has 2 aromatic carbocycles. The minimum Gasteiger partial charge on any atom is -0.504 e. The van der Waals surface area contributed by atoms with Gasteiger partial charge in [0.15, 0.2) is 11.5 Å². The van der Waals surface area contributed by atoms with E-state index in [4.69, 9.17) is 4.74 Å². The van der Waals surface area contributed by atoms with Crippen LogP contribution in [0.15, 0.2) is 42.5 Å². The molecule has 1 aromatic heterocycles. The fourth-order valence-corrected chi connectivity index (χ4v) is 2.90. The Hall–Kier alpha value is -2.33. The van der Waals surface area contributed by atoms with Crippen molar-refractivity contribution in [3.63, 3.8) is 0 Å². The molecular weight excluding hydrogens is 282 g/mol. The van der Waals surface area contributed by atoms with Crippen LogP contribution in [0.25, 0.3) is 22.4 Å². The van der Waals surface area contributed by atoms with Crippen LogP contribution in [0.2, 0.25) is 0 Å². The lowest BCUT2D eigenvalue weighted by Crippen LogP contribution is -1.91. The quantitative estimate of drug-likeness (QED) is 0.767. The second-order valence-corrected chi connectivity index (χ2v) is 5.58. The van der Waals surface area contributed by atoms with Crippen LogP contribution < -0.4 is 4.74 Å². The van der Waals surface area contributed by atoms with Gasteiger partial charge in [-0.2, -0.15) is 0 Å². The maximum atomic E-state index is 9.69. The van der Waals surface area contributed by atoms with Gasteiger partial charge >= 0.3 is 0 Å². The van der Waals surface area contributed by atoms with E-state index in [2.05, 4.69) is 11.1 Å². The van der Waals surface area contributed by atoms with Crippen molar-refractivity contribution in [3.8, 4) is 11.5 Å². The first-order chi connectivity index (χ1) is 10.3. The molecule has 1 heterocycles. The summed E-state index contributed by atoms with van der Waals surface area (Å²) in [4.78, 5) is 4.56. The zero-order valence-corrected chi connectivity index (χ0v) is 12.4. The van der Waals surface area contributed by atoms with Crippen LogP contribution in [0.1, 0.15) is 17.5 Å². The average Bonchev–Trinajstić information content (AvgIpc) is 2.91. The molecule has 0 unspecified atom stereocenters. The standard InChI is InChI=1S/C17H15NO2S/c1-2-20-15-11-12(7-9-14(15)19)8-10-17-18-13-5-3-4-6-16(13)21-17/h3-11,19H,2H2,1H3. The maximum Gasteiger partial charge on any atom is 0.161 e. The van der Waals surface area contributed by atoms with Crippen molar-refractivity contribution in [2.24, 2.45) is 0 Å². The maximum absolute atomic E-state index is 9.69. The van der Waals surface area contributed by atoms with Gasteiger partial charge in [-0.3, -0.25) is 0 Å². The number of ether oxygens (including phenoxy) is 1. The molecule has 0 saturated carbocycles. The topological polar surface area (TPSA) is 42.4 Å². The van der Waals surface area contributed by atoms with Gasteiger partial charge in [0.1, 0.15) is 5.01 Å². The molecule has 0 amide bonds. The van der Waals surface area contributed by atoms with Crippen LogP contribution >= 0.6 is 11.3 Å². The van der Waals surface area contributed by atoms with Crippen molar-refractivity contribution in [1.82, 2.24) is 4.98 Å². The minimum absolute atomic E-state index is 0.161. The monoisotopic (exact) mass is 297 g/mol. The van der Waals surface area contributed by atoms with Gasteiger partial charge in [0.2, 0.25) is 0 Å². The third kappa shape index (κ3) is 3.06. The molecule has 3 nitrogen and oxygen atoms in total. The van der Waals surface area contributed by atoms with Crippen LogP contribution in [0.4, 0.5) is 0 Å². The summed E-state index contributed by atoms with van der Waals surface area (Å²) in [6.07, 6.45) is 3.95. The van der Waals surface area contributed by atoms with Crippen molar-refractivity contribution in [1.29, 1.82) is 0 Å². The summed E-state index contributed by atoms with van der Waals surface area (Å²) in [7, 11) is 0. The summed E-state index contributed by atoms with van der Waals surface area (Å²) in [5.41, 5.74) is 1.98. The summed E-state index contributed by atoms with van der Waals surface area (Å²) in [6.45, 7) is 2.42. The molecule has 3 aromatic rings. The smallest absolute Gasteiger partial charge is 0.161 e. The lowest BCUT2D eigenvalue weighted by molar-refractivity contribution is 0.318. The number of fused-ring (bicyclic) bond motifs is 1. The van der Waals surface area contributed by atoms with E-state index in [0.29, 0.717) is 12.4 Å². The number of benzene rings is 2. The Bertz CT molecular complexity index is 759. The zero-order chi connectivity index (χ0) is 14.7. The highest BCUT2D eigenvalue weighted by atomic mass is 32.1. The van der Waals surface area contributed by atoms with E-state index in [1.165, 1.54) is 4.70 Å². The predicted octanol–water partition coefficient (Wildman–Crippen LogP) is 4.57. The SMILES string of the molecule is CCOc1cc(C=Cc2nc3ccccc3s2)ccc1O. The fraction of sp³-hybridized carbons (Fsp3) is 0.118. The van der Waals surface area contributed by atoms with Gasteiger partial charge in [-0.25, -0.2) is 4.98 Å². The van der Waals surface area contributed by atoms with E-state index in [1.54, 1.807) is 17.4 Å². The van der Waals surface area contributed by atoms with Crippen molar-refractivity contribution in [3.05, 3.63) is 53.0 Å². The highest BCUT2D eigenvalue weighted by Gasteiger charge is 2.03. The molecule has 1 N–H and O–H groups in total. The molecule has 0 atom stereocenters. The average molecular weight is 297 g/mol. The molecule has 4 heteroatoms. The van der Waals surface area contributed by atoms with Crippen molar-refractivity contribution in [2.45, 2.75) is 6.92 Å². The number of phenols is 1. The number of nitrogens with zero attached hydrogens (tertiary/aromatic N) is 1. The number of aromatic nitrogens is 1. The Morgan fingerprint density at radius 2 is 2.05 bits per heavy atom. The van der Waals surface area contributed by atoms with Crippen LogP contribution in [-0.2, 0) is 0 Å². The Morgan fingerprint density at radius 3 is 2.86 bits per heavy atom. The molecule has 106 valence electrons. The summed E-state index contributed by atoms with van der Waals surface area (Å²) in [6, 6.07) is 13.4. The van der Waals surface area contributed by atoms with E-state index in [1.807, 2.05) is 49.4 Å². The first-order valence-electron chi connectivity index (χ1n) is 6.76. The van der Waals surface area contributed by atoms with Gasteiger partial charge in [-0.1, -0.05) is 24.3 Å². The Balaban J connectivity index is 1.86. The molecule has 0 aliphatic carbocycles. The van der Waals surface area contributed by atoms with E-state index in [0.717, 1.165) is 16.1 Å². The molecule has 0 fully saturated rings. The van der Waals surface area contributed by atoms with Gasteiger partial charge < -0.3 is 9.84 Å². The third-order valence-electron chi connectivity index (χ3n) is 3.01. The van der Waals surface area contributed by atoms with Crippen molar-refractivity contribution >= 4 is 33.7 Å².